The third-order valence-electron chi connectivity index (χ3n) is 3.74. The van der Waals surface area contributed by atoms with E-state index in [-0.39, 0.29) is 11.6 Å². The van der Waals surface area contributed by atoms with Gasteiger partial charge in [0.25, 0.3) is 0 Å². The standard InChI is InChI=1S/C13H24N2O2/c1-12(2,3)17-11(16)15-8-10-4-6-13(14,9-15)7-5-10/h10H,4-9,14H2,1-3H3. The maximum Gasteiger partial charge on any atom is 0.410 e. The molecule has 98 valence electrons. The number of amides is 1. The van der Waals surface area contributed by atoms with Gasteiger partial charge < -0.3 is 15.4 Å². The number of carbonyl (C=O) groups excluding carboxylic acids is 1. The van der Waals surface area contributed by atoms with Crippen molar-refractivity contribution in [3.63, 3.8) is 0 Å². The molecule has 4 nitrogen and oxygen atoms in total. The van der Waals surface area contributed by atoms with Crippen molar-refractivity contribution in [3.05, 3.63) is 0 Å². The second kappa shape index (κ2) is 4.16. The minimum atomic E-state index is -0.426. The molecule has 1 saturated carbocycles. The zero-order valence-electron chi connectivity index (χ0n) is 11.2. The minimum absolute atomic E-state index is 0.177. The van der Waals surface area contributed by atoms with Gasteiger partial charge in [-0.05, 0) is 52.4 Å². The highest BCUT2D eigenvalue weighted by molar-refractivity contribution is 5.68. The van der Waals surface area contributed by atoms with Crippen LogP contribution in [0.2, 0.25) is 0 Å². The van der Waals surface area contributed by atoms with E-state index in [9.17, 15) is 4.79 Å². The Hall–Kier alpha value is -0.770. The van der Waals surface area contributed by atoms with Gasteiger partial charge in [-0.2, -0.15) is 0 Å². The molecule has 17 heavy (non-hydrogen) atoms. The average Bonchev–Trinajstić information content (AvgIpc) is 2.43. The van der Waals surface area contributed by atoms with E-state index in [2.05, 4.69) is 0 Å². The molecule has 2 saturated heterocycles. The third-order valence-corrected chi connectivity index (χ3v) is 3.74. The van der Waals surface area contributed by atoms with Gasteiger partial charge in [-0.1, -0.05) is 0 Å². The van der Waals surface area contributed by atoms with Crippen LogP contribution in [0.5, 0.6) is 0 Å². The molecule has 1 aliphatic carbocycles. The number of hydrogen-bond donors (Lipinski definition) is 1. The van der Waals surface area contributed by atoms with Crippen LogP contribution in [-0.4, -0.2) is 35.2 Å². The van der Waals surface area contributed by atoms with E-state index in [1.54, 1.807) is 0 Å². The van der Waals surface area contributed by atoms with Crippen LogP contribution < -0.4 is 5.73 Å². The predicted molar refractivity (Wildman–Crippen MR) is 66.7 cm³/mol. The van der Waals surface area contributed by atoms with Crippen molar-refractivity contribution < 1.29 is 9.53 Å². The SMILES string of the molecule is CC(C)(C)OC(=O)N1CC2CCC(N)(CC2)C1. The molecule has 2 N–H and O–H groups in total. The average molecular weight is 240 g/mol. The molecule has 0 radical (unpaired) electrons. The fourth-order valence-corrected chi connectivity index (χ4v) is 2.82. The topological polar surface area (TPSA) is 55.6 Å². The highest BCUT2D eigenvalue weighted by atomic mass is 16.6. The maximum atomic E-state index is 12.1. The van der Waals surface area contributed by atoms with E-state index in [0.29, 0.717) is 12.5 Å². The molecule has 4 heteroatoms. The van der Waals surface area contributed by atoms with E-state index in [1.807, 2.05) is 25.7 Å². The first kappa shape index (κ1) is 12.7. The Bertz CT molecular complexity index is 301. The first-order chi connectivity index (χ1) is 7.77. The van der Waals surface area contributed by atoms with Crippen LogP contribution in [0, 0.1) is 5.92 Å². The lowest BCUT2D eigenvalue weighted by molar-refractivity contribution is 0.0223. The summed E-state index contributed by atoms with van der Waals surface area (Å²) in [6.07, 6.45) is 4.17. The fraction of sp³-hybridized carbons (Fsp3) is 0.923. The van der Waals surface area contributed by atoms with E-state index in [4.69, 9.17) is 10.5 Å². The van der Waals surface area contributed by atoms with Crippen molar-refractivity contribution in [3.8, 4) is 0 Å². The molecule has 0 spiro atoms. The molecule has 0 atom stereocenters. The van der Waals surface area contributed by atoms with Crippen LogP contribution >= 0.6 is 0 Å². The fourth-order valence-electron chi connectivity index (χ4n) is 2.82. The molecular formula is C13H24N2O2. The molecule has 0 unspecified atom stereocenters. The Morgan fingerprint density at radius 3 is 2.47 bits per heavy atom. The molecule has 2 aliphatic heterocycles. The number of fused-ring (bicyclic) bond motifs is 4. The first-order valence-corrected chi connectivity index (χ1v) is 6.54. The van der Waals surface area contributed by atoms with Crippen molar-refractivity contribution >= 4 is 6.09 Å². The summed E-state index contributed by atoms with van der Waals surface area (Å²) < 4.78 is 5.43. The van der Waals surface area contributed by atoms with Crippen LogP contribution in [0.15, 0.2) is 0 Å². The summed E-state index contributed by atoms with van der Waals surface area (Å²) in [5, 5.41) is 0. The summed E-state index contributed by atoms with van der Waals surface area (Å²) in [5.41, 5.74) is 5.74. The van der Waals surface area contributed by atoms with Crippen molar-refractivity contribution in [1.82, 2.24) is 4.90 Å². The van der Waals surface area contributed by atoms with Crippen LogP contribution in [0.25, 0.3) is 0 Å². The second-order valence-electron chi connectivity index (χ2n) is 6.67. The number of carbonyl (C=O) groups is 1. The molecule has 0 aromatic heterocycles. The van der Waals surface area contributed by atoms with Gasteiger partial charge in [0.05, 0.1) is 0 Å². The number of hydrogen-bond acceptors (Lipinski definition) is 3. The second-order valence-corrected chi connectivity index (χ2v) is 6.67. The number of ether oxygens (including phenoxy) is 1. The lowest BCUT2D eigenvalue weighted by Gasteiger charge is -2.33. The Morgan fingerprint density at radius 2 is 1.94 bits per heavy atom. The van der Waals surface area contributed by atoms with Crippen molar-refractivity contribution in [2.75, 3.05) is 13.1 Å². The van der Waals surface area contributed by atoms with Crippen LogP contribution in [0.1, 0.15) is 46.5 Å². The molecular weight excluding hydrogens is 216 g/mol. The van der Waals surface area contributed by atoms with Crippen LogP contribution in [0.3, 0.4) is 0 Å². The predicted octanol–water partition coefficient (Wildman–Crippen LogP) is 2.12. The normalized spacial score (nSPS) is 33.4. The quantitative estimate of drug-likeness (QED) is 0.705. The molecule has 0 aromatic rings. The van der Waals surface area contributed by atoms with Crippen LogP contribution in [0.4, 0.5) is 4.79 Å². The largest absolute Gasteiger partial charge is 0.444 e. The summed E-state index contributed by atoms with van der Waals surface area (Å²) in [6, 6.07) is 0. The number of nitrogens with zero attached hydrogens (tertiary/aromatic N) is 1. The van der Waals surface area contributed by atoms with Gasteiger partial charge in [0.1, 0.15) is 5.60 Å². The van der Waals surface area contributed by atoms with E-state index in [1.165, 1.54) is 0 Å². The number of nitrogens with two attached hydrogens (primary N) is 1. The Labute approximate surface area is 103 Å². The first-order valence-electron chi connectivity index (χ1n) is 6.54. The van der Waals surface area contributed by atoms with Crippen molar-refractivity contribution in [1.29, 1.82) is 0 Å². The molecule has 1 amide bonds. The Morgan fingerprint density at radius 1 is 1.35 bits per heavy atom. The van der Waals surface area contributed by atoms with Gasteiger partial charge in [-0.15, -0.1) is 0 Å². The van der Waals surface area contributed by atoms with Gasteiger partial charge >= 0.3 is 6.09 Å². The van der Waals surface area contributed by atoms with Gasteiger partial charge in [0.2, 0.25) is 0 Å². The summed E-state index contributed by atoms with van der Waals surface area (Å²) >= 11 is 0. The van der Waals surface area contributed by atoms with Gasteiger partial charge in [0.15, 0.2) is 0 Å². The smallest absolute Gasteiger partial charge is 0.410 e. The highest BCUT2D eigenvalue weighted by Crippen LogP contribution is 2.35. The monoisotopic (exact) mass is 240 g/mol. The summed E-state index contributed by atoms with van der Waals surface area (Å²) in [4.78, 5) is 13.9. The van der Waals surface area contributed by atoms with E-state index in [0.717, 1.165) is 32.2 Å². The lowest BCUT2D eigenvalue weighted by atomic mass is 9.79. The number of rotatable bonds is 0. The minimum Gasteiger partial charge on any atom is -0.444 e. The van der Waals surface area contributed by atoms with E-state index >= 15 is 0 Å². The molecule has 0 aromatic carbocycles. The zero-order chi connectivity index (χ0) is 12.7. The highest BCUT2D eigenvalue weighted by Gasteiger charge is 2.40. The van der Waals surface area contributed by atoms with Crippen LogP contribution in [-0.2, 0) is 4.74 Å². The van der Waals surface area contributed by atoms with Gasteiger partial charge in [0, 0.05) is 18.6 Å². The lowest BCUT2D eigenvalue weighted by Crippen LogP contribution is -2.50. The third kappa shape index (κ3) is 3.12. The van der Waals surface area contributed by atoms with E-state index < -0.39 is 5.60 Å². The molecule has 2 heterocycles. The molecule has 3 rings (SSSR count). The molecule has 2 bridgehead atoms. The molecule has 3 fully saturated rings. The summed E-state index contributed by atoms with van der Waals surface area (Å²) in [6.45, 7) is 7.16. The Kier molecular flexibility index (Phi) is 3.10. The van der Waals surface area contributed by atoms with Gasteiger partial charge in [-0.3, -0.25) is 0 Å². The zero-order valence-corrected chi connectivity index (χ0v) is 11.2. The maximum absolute atomic E-state index is 12.1. The van der Waals surface area contributed by atoms with Crippen molar-refractivity contribution in [2.24, 2.45) is 11.7 Å². The molecule has 3 aliphatic rings. The van der Waals surface area contributed by atoms with Crippen molar-refractivity contribution in [2.45, 2.75) is 57.6 Å². The Balaban J connectivity index is 2.04. The van der Waals surface area contributed by atoms with Gasteiger partial charge in [-0.25, -0.2) is 4.79 Å². The summed E-state index contributed by atoms with van der Waals surface area (Å²) in [5.74, 6) is 0.613. The summed E-state index contributed by atoms with van der Waals surface area (Å²) in [7, 11) is 0.